The van der Waals surface area contributed by atoms with Crippen molar-refractivity contribution >= 4 is 39.7 Å². The van der Waals surface area contributed by atoms with E-state index in [-0.39, 0.29) is 0 Å². The molecular formula is C23H33N5S. The number of fused-ring (bicyclic) bond motifs is 1. The highest BCUT2D eigenvalue weighted by molar-refractivity contribution is 7.80. The maximum absolute atomic E-state index is 5.72. The van der Waals surface area contributed by atoms with Gasteiger partial charge < -0.3 is 20.0 Å². The summed E-state index contributed by atoms with van der Waals surface area (Å²) in [5.41, 5.74) is 3.36. The van der Waals surface area contributed by atoms with Crippen LogP contribution in [0.2, 0.25) is 0 Å². The smallest absolute Gasteiger partial charge is 0.173 e. The lowest BCUT2D eigenvalue weighted by atomic mass is 9.92. The minimum Gasteiger partial charge on any atom is -0.354 e. The van der Waals surface area contributed by atoms with Crippen LogP contribution in [0.1, 0.15) is 25.8 Å². The number of nitrogens with zero attached hydrogens (tertiary/aromatic N) is 4. The number of likely N-dealkylation sites (N-methyl/N-ethyl adjacent to an activating group) is 1. The fourth-order valence-electron chi connectivity index (χ4n) is 4.68. The Kier molecular flexibility index (Phi) is 5.93. The molecule has 4 rings (SSSR count). The number of aryl methyl sites for hydroxylation is 1. The van der Waals surface area contributed by atoms with Crippen LogP contribution in [0.3, 0.4) is 0 Å². The van der Waals surface area contributed by atoms with Crippen LogP contribution in [0, 0.1) is 18.8 Å². The van der Waals surface area contributed by atoms with E-state index in [0.29, 0.717) is 11.8 Å². The molecule has 2 aliphatic rings. The van der Waals surface area contributed by atoms with Crippen LogP contribution in [0.25, 0.3) is 10.9 Å². The molecule has 2 aromatic rings. The zero-order chi connectivity index (χ0) is 20.5. The minimum atomic E-state index is 0.689. The molecule has 0 bridgehead atoms. The highest BCUT2D eigenvalue weighted by Crippen LogP contribution is 2.27. The number of nitrogens with one attached hydrogen (secondary N) is 1. The van der Waals surface area contributed by atoms with Gasteiger partial charge in [0.25, 0.3) is 0 Å². The predicted octanol–water partition coefficient (Wildman–Crippen LogP) is 3.97. The number of anilines is 2. The number of likely N-dealkylation sites (tertiary alicyclic amines) is 1. The van der Waals surface area contributed by atoms with Gasteiger partial charge in [0, 0.05) is 50.3 Å². The SMILES string of the molecule is Cc1cc(N2CCN(C)CC2)nc2ccc(NC(=S)N3C[C@@H](C)C[C@H](C)C3)cc12. The first-order valence-corrected chi connectivity index (χ1v) is 11.2. The number of hydrogen-bond acceptors (Lipinski definition) is 4. The van der Waals surface area contributed by atoms with E-state index in [4.69, 9.17) is 17.2 Å². The molecule has 0 radical (unpaired) electrons. The third-order valence-corrected chi connectivity index (χ3v) is 6.60. The van der Waals surface area contributed by atoms with Crippen molar-refractivity contribution < 1.29 is 0 Å². The van der Waals surface area contributed by atoms with Gasteiger partial charge in [-0.05, 0) is 74.3 Å². The summed E-state index contributed by atoms with van der Waals surface area (Å²) >= 11 is 5.72. The summed E-state index contributed by atoms with van der Waals surface area (Å²) in [7, 11) is 2.18. The summed E-state index contributed by atoms with van der Waals surface area (Å²) in [4.78, 5) is 12.0. The molecular weight excluding hydrogens is 378 g/mol. The van der Waals surface area contributed by atoms with E-state index < -0.39 is 0 Å². The second-order valence-electron chi connectivity index (χ2n) is 9.10. The molecule has 0 amide bonds. The third kappa shape index (κ3) is 4.64. The number of aromatic nitrogens is 1. The Morgan fingerprint density at radius 1 is 1.07 bits per heavy atom. The third-order valence-electron chi connectivity index (χ3n) is 6.24. The van der Waals surface area contributed by atoms with Gasteiger partial charge >= 0.3 is 0 Å². The van der Waals surface area contributed by atoms with Gasteiger partial charge in [0.1, 0.15) is 5.82 Å². The molecule has 0 unspecified atom stereocenters. The van der Waals surface area contributed by atoms with E-state index in [1.54, 1.807) is 0 Å². The summed E-state index contributed by atoms with van der Waals surface area (Å²) < 4.78 is 0. The number of hydrogen-bond donors (Lipinski definition) is 1. The summed E-state index contributed by atoms with van der Waals surface area (Å²) in [5, 5.41) is 5.49. The van der Waals surface area contributed by atoms with Crippen LogP contribution >= 0.6 is 12.2 Å². The molecule has 2 fully saturated rings. The van der Waals surface area contributed by atoms with Crippen molar-refractivity contribution in [1.82, 2.24) is 14.8 Å². The predicted molar refractivity (Wildman–Crippen MR) is 127 cm³/mol. The maximum Gasteiger partial charge on any atom is 0.173 e. The monoisotopic (exact) mass is 411 g/mol. The first-order chi connectivity index (χ1) is 13.9. The van der Waals surface area contributed by atoms with Crippen LogP contribution in [-0.2, 0) is 0 Å². The van der Waals surface area contributed by atoms with E-state index in [1.807, 2.05) is 0 Å². The lowest BCUT2D eigenvalue weighted by Gasteiger charge is -2.36. The number of benzene rings is 1. The summed E-state index contributed by atoms with van der Waals surface area (Å²) in [6.45, 7) is 13.1. The molecule has 0 saturated carbocycles. The Bertz CT molecular complexity index is 880. The van der Waals surface area contributed by atoms with Gasteiger partial charge in [0.15, 0.2) is 5.11 Å². The first-order valence-electron chi connectivity index (χ1n) is 10.8. The van der Waals surface area contributed by atoms with Gasteiger partial charge in [-0.1, -0.05) is 13.8 Å². The van der Waals surface area contributed by atoms with Gasteiger partial charge in [0.05, 0.1) is 5.52 Å². The van der Waals surface area contributed by atoms with Crippen molar-refractivity contribution in [2.75, 3.05) is 56.5 Å². The van der Waals surface area contributed by atoms with Gasteiger partial charge in [-0.15, -0.1) is 0 Å². The molecule has 2 saturated heterocycles. The van der Waals surface area contributed by atoms with Gasteiger partial charge in [-0.3, -0.25) is 0 Å². The van der Waals surface area contributed by atoms with Crippen molar-refractivity contribution in [1.29, 1.82) is 0 Å². The molecule has 156 valence electrons. The standard InChI is InChI=1S/C23H33N5S/c1-16-11-17(2)15-28(14-16)23(29)24-19-5-6-21-20(13-19)18(3)12-22(25-21)27-9-7-26(4)8-10-27/h5-6,12-13,16-17H,7-11,14-15H2,1-4H3,(H,24,29)/t16-,17-/m0/s1. The summed E-state index contributed by atoms with van der Waals surface area (Å²) in [6.07, 6.45) is 1.29. The maximum atomic E-state index is 5.72. The van der Waals surface area contributed by atoms with E-state index in [0.717, 1.165) is 61.4 Å². The quantitative estimate of drug-likeness (QED) is 0.754. The average Bonchev–Trinajstić information content (AvgIpc) is 2.68. The number of piperidine rings is 1. The average molecular weight is 412 g/mol. The summed E-state index contributed by atoms with van der Waals surface area (Å²) in [6, 6.07) is 8.64. The molecule has 3 heterocycles. The molecule has 2 atom stereocenters. The lowest BCUT2D eigenvalue weighted by Crippen LogP contribution is -2.44. The summed E-state index contributed by atoms with van der Waals surface area (Å²) in [5.74, 6) is 2.47. The Morgan fingerprint density at radius 3 is 2.45 bits per heavy atom. The number of pyridine rings is 1. The fourth-order valence-corrected chi connectivity index (χ4v) is 4.95. The van der Waals surface area contributed by atoms with Crippen LogP contribution in [0.5, 0.6) is 0 Å². The van der Waals surface area contributed by atoms with Crippen LogP contribution in [0.15, 0.2) is 24.3 Å². The number of piperazine rings is 1. The molecule has 0 spiro atoms. The van der Waals surface area contributed by atoms with Crippen LogP contribution < -0.4 is 10.2 Å². The Balaban J connectivity index is 1.51. The Labute approximate surface area is 180 Å². The van der Waals surface area contributed by atoms with Crippen LogP contribution in [0.4, 0.5) is 11.5 Å². The van der Waals surface area contributed by atoms with Gasteiger partial charge in [0.2, 0.25) is 0 Å². The van der Waals surface area contributed by atoms with Crippen molar-refractivity contribution in [2.24, 2.45) is 11.8 Å². The topological polar surface area (TPSA) is 34.6 Å². The number of rotatable bonds is 2. The van der Waals surface area contributed by atoms with Crippen molar-refractivity contribution in [3.63, 3.8) is 0 Å². The second-order valence-corrected chi connectivity index (χ2v) is 9.49. The zero-order valence-electron chi connectivity index (χ0n) is 18.1. The van der Waals surface area contributed by atoms with E-state index >= 15 is 0 Å². The van der Waals surface area contributed by atoms with Crippen LogP contribution in [-0.4, -0.2) is 66.2 Å². The molecule has 5 nitrogen and oxygen atoms in total. The number of thiocarbonyl (C=S) groups is 1. The minimum absolute atomic E-state index is 0.689. The zero-order valence-corrected chi connectivity index (χ0v) is 18.9. The van der Waals surface area contributed by atoms with E-state index in [2.05, 4.69) is 72.1 Å². The molecule has 2 aliphatic heterocycles. The molecule has 6 heteroatoms. The van der Waals surface area contributed by atoms with Crippen molar-refractivity contribution in [2.45, 2.75) is 27.2 Å². The molecule has 0 aliphatic carbocycles. The molecule has 1 N–H and O–H groups in total. The molecule has 29 heavy (non-hydrogen) atoms. The highest BCUT2D eigenvalue weighted by Gasteiger charge is 2.23. The molecule has 1 aromatic heterocycles. The Morgan fingerprint density at radius 2 is 1.76 bits per heavy atom. The van der Waals surface area contributed by atoms with Gasteiger partial charge in [-0.25, -0.2) is 4.98 Å². The second kappa shape index (κ2) is 8.44. The van der Waals surface area contributed by atoms with Crippen molar-refractivity contribution in [3.8, 4) is 0 Å². The first kappa shape index (κ1) is 20.4. The Hall–Kier alpha value is -1.92. The molecule has 1 aromatic carbocycles. The highest BCUT2D eigenvalue weighted by atomic mass is 32.1. The van der Waals surface area contributed by atoms with E-state index in [1.165, 1.54) is 17.4 Å². The largest absolute Gasteiger partial charge is 0.354 e. The fraction of sp³-hybridized carbons (Fsp3) is 0.565. The van der Waals surface area contributed by atoms with Gasteiger partial charge in [-0.2, -0.15) is 0 Å². The van der Waals surface area contributed by atoms with Crippen molar-refractivity contribution in [3.05, 3.63) is 29.8 Å². The lowest BCUT2D eigenvalue weighted by molar-refractivity contribution is 0.216. The normalized spacial score (nSPS) is 23.4. The van der Waals surface area contributed by atoms with E-state index in [9.17, 15) is 0 Å².